The van der Waals surface area contributed by atoms with E-state index in [0.29, 0.717) is 61.6 Å². The number of benzene rings is 1. The molecule has 4 heterocycles. The number of nitrogens with one attached hydrogen (secondary N) is 2. The maximum Gasteiger partial charge on any atom is 0.255 e. The highest BCUT2D eigenvalue weighted by Gasteiger charge is 2.42. The Labute approximate surface area is 240 Å². The lowest BCUT2D eigenvalue weighted by molar-refractivity contribution is -0.135. The summed E-state index contributed by atoms with van der Waals surface area (Å²) in [5.41, 5.74) is 2.32. The quantitative estimate of drug-likeness (QED) is 0.496. The van der Waals surface area contributed by atoms with E-state index in [2.05, 4.69) is 20.7 Å². The number of piperidine rings is 1. The predicted octanol–water partition coefficient (Wildman–Crippen LogP) is 3.60. The number of rotatable bonds is 2. The molecule has 0 aliphatic carbocycles. The minimum atomic E-state index is -0.575. The molecule has 3 aromatic rings. The van der Waals surface area contributed by atoms with Gasteiger partial charge < -0.3 is 20.3 Å². The molecule has 1 atom stereocenters. The lowest BCUT2D eigenvalue weighted by Gasteiger charge is -2.41. The Balaban J connectivity index is 1.25. The van der Waals surface area contributed by atoms with Crippen LogP contribution in [0.3, 0.4) is 0 Å². The van der Waals surface area contributed by atoms with Crippen LogP contribution in [0.2, 0.25) is 0 Å². The first-order valence-electron chi connectivity index (χ1n) is 14.4. The Morgan fingerprint density at radius 1 is 1.05 bits per heavy atom. The van der Waals surface area contributed by atoms with E-state index in [4.69, 9.17) is 4.74 Å². The summed E-state index contributed by atoms with van der Waals surface area (Å²) in [6, 6.07) is 12.5. The lowest BCUT2D eigenvalue weighted by atomic mass is 9.73. The largest absolute Gasteiger partial charge is 0.491 e. The van der Waals surface area contributed by atoms with Crippen LogP contribution in [0.5, 0.6) is 5.75 Å². The third-order valence-corrected chi connectivity index (χ3v) is 8.08. The van der Waals surface area contributed by atoms with Crippen molar-refractivity contribution in [1.29, 1.82) is 0 Å². The van der Waals surface area contributed by atoms with E-state index in [1.165, 1.54) is 0 Å². The predicted molar refractivity (Wildman–Crippen MR) is 154 cm³/mol. The fourth-order valence-corrected chi connectivity index (χ4v) is 5.71. The molecule has 0 bridgehead atoms. The fraction of sp³-hybridized carbons (Fsp3) is 0.452. The minimum Gasteiger partial charge on any atom is -0.491 e. The van der Waals surface area contributed by atoms with Gasteiger partial charge in [-0.05, 0) is 76.8 Å². The van der Waals surface area contributed by atoms with Crippen LogP contribution >= 0.6 is 0 Å². The molecular weight excluding hydrogens is 520 g/mol. The zero-order chi connectivity index (χ0) is 29.0. The van der Waals surface area contributed by atoms with Crippen LogP contribution in [-0.4, -0.2) is 69.7 Å². The minimum absolute atomic E-state index is 0.00554. The van der Waals surface area contributed by atoms with Gasteiger partial charge in [0.25, 0.3) is 11.8 Å². The Morgan fingerprint density at radius 3 is 2.54 bits per heavy atom. The number of hydrogen-bond acceptors (Lipinski definition) is 6. The van der Waals surface area contributed by atoms with Crippen molar-refractivity contribution in [1.82, 2.24) is 30.3 Å². The Kier molecular flexibility index (Phi) is 8.37. The van der Waals surface area contributed by atoms with Gasteiger partial charge in [0.05, 0.1) is 28.3 Å². The number of carbonyl (C=O) groups excluding carboxylic acids is 3. The molecule has 5 rings (SSSR count). The van der Waals surface area contributed by atoms with E-state index in [1.54, 1.807) is 29.1 Å². The van der Waals surface area contributed by atoms with Gasteiger partial charge in [0.2, 0.25) is 5.91 Å². The summed E-state index contributed by atoms with van der Waals surface area (Å²) < 4.78 is 7.70. The summed E-state index contributed by atoms with van der Waals surface area (Å²) in [4.78, 5) is 46.0. The average Bonchev–Trinajstić information content (AvgIpc) is 3.33. The second-order valence-electron chi connectivity index (χ2n) is 11.2. The normalized spacial score (nSPS) is 19.9. The number of nitrogens with zero attached hydrogens (tertiary/aromatic N) is 4. The van der Waals surface area contributed by atoms with Crippen LogP contribution in [0.4, 0.5) is 0 Å². The zero-order valence-corrected chi connectivity index (χ0v) is 24.0. The molecule has 1 spiro atoms. The number of aryl methyl sites for hydroxylation is 2. The van der Waals surface area contributed by atoms with E-state index in [9.17, 15) is 14.4 Å². The summed E-state index contributed by atoms with van der Waals surface area (Å²) in [7, 11) is 0. The van der Waals surface area contributed by atoms with Crippen LogP contribution < -0.4 is 15.4 Å². The second kappa shape index (κ2) is 12.1. The van der Waals surface area contributed by atoms with Gasteiger partial charge in [-0.25, -0.2) is 9.67 Å². The molecule has 41 heavy (non-hydrogen) atoms. The van der Waals surface area contributed by atoms with Gasteiger partial charge in [0.1, 0.15) is 12.4 Å². The third kappa shape index (κ3) is 6.26. The molecule has 0 radical (unpaired) electrons. The second-order valence-corrected chi connectivity index (χ2v) is 11.2. The van der Waals surface area contributed by atoms with Gasteiger partial charge in [-0.3, -0.25) is 14.4 Å². The number of ether oxygens (including phenoxy) is 1. The van der Waals surface area contributed by atoms with Crippen LogP contribution in [0, 0.1) is 19.3 Å². The van der Waals surface area contributed by atoms with Crippen molar-refractivity contribution in [3.8, 4) is 11.6 Å². The monoisotopic (exact) mass is 558 g/mol. The molecular formula is C31H38N6O4. The average molecular weight is 559 g/mol. The van der Waals surface area contributed by atoms with E-state index in [-0.39, 0.29) is 30.4 Å². The Hall–Kier alpha value is -4.21. The molecule has 1 fully saturated rings. The molecule has 2 N–H and O–H groups in total. The number of fused-ring (bicyclic) bond motifs is 1. The molecule has 10 heteroatoms. The van der Waals surface area contributed by atoms with Crippen molar-refractivity contribution in [3.05, 3.63) is 71.2 Å². The molecule has 10 nitrogen and oxygen atoms in total. The summed E-state index contributed by atoms with van der Waals surface area (Å²) in [5.74, 6) is 0.928. The Bertz CT molecular complexity index is 1410. The third-order valence-electron chi connectivity index (χ3n) is 8.08. The van der Waals surface area contributed by atoms with Crippen LogP contribution in [0.1, 0.15) is 71.1 Å². The lowest BCUT2D eigenvalue weighted by Crippen LogP contribution is -2.52. The van der Waals surface area contributed by atoms with Crippen LogP contribution in [-0.2, 0) is 4.79 Å². The molecule has 2 aromatic heterocycles. The summed E-state index contributed by atoms with van der Waals surface area (Å²) >= 11 is 0. The molecule has 2 aliphatic heterocycles. The summed E-state index contributed by atoms with van der Waals surface area (Å²) in [6.07, 6.45) is 5.00. The molecule has 1 saturated heterocycles. The summed E-state index contributed by atoms with van der Waals surface area (Å²) in [6.45, 7) is 7.54. The molecule has 216 valence electrons. The number of pyridine rings is 1. The molecule has 3 amide bonds. The number of amides is 3. The first kappa shape index (κ1) is 28.3. The van der Waals surface area contributed by atoms with Crippen LogP contribution in [0.25, 0.3) is 5.82 Å². The van der Waals surface area contributed by atoms with Crippen molar-refractivity contribution in [3.63, 3.8) is 0 Å². The first-order valence-corrected chi connectivity index (χ1v) is 14.4. The number of likely N-dealkylation sites (tertiary alicyclic amines) is 1. The number of carbonyl (C=O) groups is 3. The van der Waals surface area contributed by atoms with Gasteiger partial charge in [-0.2, -0.15) is 5.10 Å². The van der Waals surface area contributed by atoms with E-state index in [0.717, 1.165) is 24.2 Å². The van der Waals surface area contributed by atoms with E-state index in [1.807, 2.05) is 49.9 Å². The van der Waals surface area contributed by atoms with Crippen molar-refractivity contribution >= 4 is 17.7 Å². The molecule has 1 aromatic carbocycles. The van der Waals surface area contributed by atoms with E-state index < -0.39 is 5.41 Å². The van der Waals surface area contributed by atoms with Gasteiger partial charge in [0.15, 0.2) is 5.82 Å². The van der Waals surface area contributed by atoms with Crippen LogP contribution in [0.15, 0.2) is 48.7 Å². The van der Waals surface area contributed by atoms with Crippen molar-refractivity contribution in [2.24, 2.45) is 5.41 Å². The highest BCUT2D eigenvalue weighted by Crippen LogP contribution is 2.38. The number of aromatic nitrogens is 3. The number of para-hydroxylation sites is 1. The highest BCUT2D eigenvalue weighted by atomic mass is 16.5. The van der Waals surface area contributed by atoms with Gasteiger partial charge >= 0.3 is 0 Å². The van der Waals surface area contributed by atoms with Gasteiger partial charge in [0, 0.05) is 31.5 Å². The van der Waals surface area contributed by atoms with Crippen molar-refractivity contribution in [2.45, 2.75) is 58.9 Å². The maximum absolute atomic E-state index is 13.7. The van der Waals surface area contributed by atoms with Crippen molar-refractivity contribution < 1.29 is 19.1 Å². The Morgan fingerprint density at radius 2 is 1.83 bits per heavy atom. The van der Waals surface area contributed by atoms with Gasteiger partial charge in [-0.1, -0.05) is 18.6 Å². The SMILES string of the molecule is Cc1cc(C)n(-c2ccc(C(=O)N3CCC4(CCCCNC(=O)c5ccccc5OC[C@@H](C)NC4=O)CC3)cn2)n1. The van der Waals surface area contributed by atoms with E-state index >= 15 is 0 Å². The number of hydrogen-bond donors (Lipinski definition) is 2. The topological polar surface area (TPSA) is 118 Å². The standard InChI is InChI=1S/C31H38N6O4/c1-21-18-23(3)37(35-21)27-11-10-24(19-33-27)29(39)36-16-13-31(14-17-36)12-6-7-15-32-28(38)25-8-4-5-9-26(25)41-20-22(2)34-30(31)40/h4-5,8-11,18-19,22H,6-7,12-17,20H2,1-3H3,(H,32,38)(H,34,40)/t22-/m1/s1. The summed E-state index contributed by atoms with van der Waals surface area (Å²) in [5, 5.41) is 10.6. The molecule has 0 unspecified atom stereocenters. The smallest absolute Gasteiger partial charge is 0.255 e. The molecule has 0 saturated carbocycles. The zero-order valence-electron chi connectivity index (χ0n) is 24.0. The molecule has 2 aliphatic rings. The highest BCUT2D eigenvalue weighted by molar-refractivity contribution is 5.97. The first-order chi connectivity index (χ1) is 19.8. The van der Waals surface area contributed by atoms with Gasteiger partial charge in [-0.15, -0.1) is 0 Å². The fourth-order valence-electron chi connectivity index (χ4n) is 5.71. The maximum atomic E-state index is 13.7. The van der Waals surface area contributed by atoms with Crippen molar-refractivity contribution in [2.75, 3.05) is 26.2 Å².